The first kappa shape index (κ1) is 16.3. The van der Waals surface area contributed by atoms with Crippen LogP contribution in [0.1, 0.15) is 58.1 Å². The highest BCUT2D eigenvalue weighted by Gasteiger charge is 2.27. The molecule has 0 spiro atoms. The number of carbonyl (C=O) groups excluding carboxylic acids is 1. The SMILES string of the molecule is COC(=O)c1cc(-c2nc3c([nH]2)CN(C)CC3)c(C2CCC2)cc1C. The van der Waals surface area contributed by atoms with Gasteiger partial charge in [-0.2, -0.15) is 0 Å². The topological polar surface area (TPSA) is 58.2 Å². The lowest BCUT2D eigenvalue weighted by molar-refractivity contribution is 0.0600. The minimum absolute atomic E-state index is 0.282. The van der Waals surface area contributed by atoms with Crippen LogP contribution in [0.25, 0.3) is 11.4 Å². The Morgan fingerprint density at radius 1 is 1.36 bits per heavy atom. The fraction of sp³-hybridized carbons (Fsp3) is 0.500. The predicted octanol–water partition coefficient (Wildman–Crippen LogP) is 3.43. The molecule has 2 heterocycles. The van der Waals surface area contributed by atoms with E-state index in [-0.39, 0.29) is 5.97 Å². The number of hydrogen-bond donors (Lipinski definition) is 1. The van der Waals surface area contributed by atoms with Gasteiger partial charge in [0.25, 0.3) is 0 Å². The fourth-order valence-corrected chi connectivity index (χ4v) is 3.88. The number of esters is 1. The number of hydrogen-bond acceptors (Lipinski definition) is 4. The monoisotopic (exact) mass is 339 g/mol. The summed E-state index contributed by atoms with van der Waals surface area (Å²) in [6, 6.07) is 4.14. The molecule has 1 aromatic heterocycles. The van der Waals surface area contributed by atoms with Gasteiger partial charge in [0, 0.05) is 25.1 Å². The maximum atomic E-state index is 12.2. The standard InChI is InChI=1S/C20H25N3O2/c1-12-9-15(13-5-4-6-13)16(10-14(12)20(24)25-3)19-21-17-7-8-23(2)11-18(17)22-19/h9-10,13H,4-8,11H2,1-3H3,(H,21,22). The number of aromatic amines is 1. The molecule has 1 N–H and O–H groups in total. The summed E-state index contributed by atoms with van der Waals surface area (Å²) in [6.07, 6.45) is 4.68. The Morgan fingerprint density at radius 3 is 2.84 bits per heavy atom. The van der Waals surface area contributed by atoms with Gasteiger partial charge in [0.2, 0.25) is 0 Å². The van der Waals surface area contributed by atoms with E-state index in [0.717, 1.165) is 42.2 Å². The number of ether oxygens (including phenoxy) is 1. The van der Waals surface area contributed by atoms with Crippen molar-refractivity contribution in [1.29, 1.82) is 0 Å². The van der Waals surface area contributed by atoms with Gasteiger partial charge in [0.05, 0.1) is 24.1 Å². The van der Waals surface area contributed by atoms with Crippen LogP contribution in [-0.4, -0.2) is 41.5 Å². The van der Waals surface area contributed by atoms with E-state index in [9.17, 15) is 4.79 Å². The van der Waals surface area contributed by atoms with Gasteiger partial charge in [0.1, 0.15) is 5.82 Å². The Labute approximate surface area is 148 Å². The Hall–Kier alpha value is -2.14. The van der Waals surface area contributed by atoms with Crippen LogP contribution >= 0.6 is 0 Å². The molecule has 0 bridgehead atoms. The van der Waals surface area contributed by atoms with Crippen molar-refractivity contribution < 1.29 is 9.53 Å². The lowest BCUT2D eigenvalue weighted by Gasteiger charge is -2.28. The molecule has 1 aromatic carbocycles. The third-order valence-electron chi connectivity index (χ3n) is 5.62. The van der Waals surface area contributed by atoms with Crippen LogP contribution in [0.2, 0.25) is 0 Å². The number of fused-ring (bicyclic) bond motifs is 1. The van der Waals surface area contributed by atoms with Gasteiger partial charge >= 0.3 is 5.97 Å². The summed E-state index contributed by atoms with van der Waals surface area (Å²) >= 11 is 0. The molecule has 1 aliphatic heterocycles. The average molecular weight is 339 g/mol. The molecule has 132 valence electrons. The number of methoxy groups -OCH3 is 1. The van der Waals surface area contributed by atoms with E-state index in [0.29, 0.717) is 11.5 Å². The van der Waals surface area contributed by atoms with Crippen molar-refractivity contribution >= 4 is 5.97 Å². The van der Waals surface area contributed by atoms with Crippen LogP contribution in [0.5, 0.6) is 0 Å². The minimum Gasteiger partial charge on any atom is -0.465 e. The van der Waals surface area contributed by atoms with Gasteiger partial charge in [0.15, 0.2) is 0 Å². The number of aryl methyl sites for hydroxylation is 1. The molecule has 2 aliphatic rings. The van der Waals surface area contributed by atoms with E-state index in [2.05, 4.69) is 23.0 Å². The van der Waals surface area contributed by atoms with E-state index >= 15 is 0 Å². The molecule has 5 heteroatoms. The number of benzene rings is 1. The van der Waals surface area contributed by atoms with Gasteiger partial charge in [-0.15, -0.1) is 0 Å². The van der Waals surface area contributed by atoms with E-state index in [1.807, 2.05) is 13.0 Å². The largest absolute Gasteiger partial charge is 0.465 e. The van der Waals surface area contributed by atoms with Crippen molar-refractivity contribution in [3.8, 4) is 11.4 Å². The van der Waals surface area contributed by atoms with Crippen LogP contribution in [0.15, 0.2) is 12.1 Å². The first-order chi connectivity index (χ1) is 12.1. The molecule has 0 radical (unpaired) electrons. The highest BCUT2D eigenvalue weighted by Crippen LogP contribution is 2.42. The van der Waals surface area contributed by atoms with Crippen LogP contribution < -0.4 is 0 Å². The third kappa shape index (κ3) is 2.86. The average Bonchev–Trinajstić information content (AvgIpc) is 2.95. The smallest absolute Gasteiger partial charge is 0.338 e. The Balaban J connectivity index is 1.82. The number of aromatic nitrogens is 2. The zero-order valence-electron chi connectivity index (χ0n) is 15.2. The number of nitrogens with zero attached hydrogens (tertiary/aromatic N) is 2. The van der Waals surface area contributed by atoms with Gasteiger partial charge in [-0.05, 0) is 49.9 Å². The normalized spacial score (nSPS) is 17.9. The number of nitrogens with one attached hydrogen (secondary N) is 1. The molecule has 0 unspecified atom stereocenters. The first-order valence-corrected chi connectivity index (χ1v) is 9.06. The van der Waals surface area contributed by atoms with Crippen molar-refractivity contribution in [1.82, 2.24) is 14.9 Å². The second-order valence-corrected chi connectivity index (χ2v) is 7.37. The number of likely N-dealkylation sites (N-methyl/N-ethyl adjacent to an activating group) is 1. The molecule has 2 aromatic rings. The molecule has 1 aliphatic carbocycles. The number of imidazole rings is 1. The molecule has 4 rings (SSSR count). The Kier molecular flexibility index (Phi) is 4.12. The van der Waals surface area contributed by atoms with Crippen LogP contribution in [-0.2, 0) is 17.7 Å². The van der Waals surface area contributed by atoms with Crippen LogP contribution in [0, 0.1) is 6.92 Å². The fourth-order valence-electron chi connectivity index (χ4n) is 3.88. The molecule has 1 fully saturated rings. The Bertz CT molecular complexity index is 821. The summed E-state index contributed by atoms with van der Waals surface area (Å²) in [5, 5.41) is 0. The molecule has 0 amide bonds. The van der Waals surface area contributed by atoms with Gasteiger partial charge in [-0.1, -0.05) is 12.5 Å². The molecule has 25 heavy (non-hydrogen) atoms. The van der Waals surface area contributed by atoms with E-state index in [4.69, 9.17) is 9.72 Å². The third-order valence-corrected chi connectivity index (χ3v) is 5.62. The highest BCUT2D eigenvalue weighted by atomic mass is 16.5. The summed E-state index contributed by atoms with van der Waals surface area (Å²) in [5.74, 6) is 1.19. The quantitative estimate of drug-likeness (QED) is 0.871. The summed E-state index contributed by atoms with van der Waals surface area (Å²) in [7, 11) is 3.56. The Morgan fingerprint density at radius 2 is 2.16 bits per heavy atom. The zero-order valence-corrected chi connectivity index (χ0v) is 15.2. The first-order valence-electron chi connectivity index (χ1n) is 9.06. The van der Waals surface area contributed by atoms with Crippen molar-refractivity contribution in [2.24, 2.45) is 0 Å². The lowest BCUT2D eigenvalue weighted by Crippen LogP contribution is -2.26. The van der Waals surface area contributed by atoms with Crippen molar-refractivity contribution in [2.45, 2.75) is 45.1 Å². The number of carbonyl (C=O) groups is 1. The number of rotatable bonds is 3. The lowest BCUT2D eigenvalue weighted by atomic mass is 9.77. The van der Waals surface area contributed by atoms with Crippen molar-refractivity contribution in [3.63, 3.8) is 0 Å². The maximum absolute atomic E-state index is 12.2. The van der Waals surface area contributed by atoms with Crippen LogP contribution in [0.4, 0.5) is 0 Å². The second-order valence-electron chi connectivity index (χ2n) is 7.37. The maximum Gasteiger partial charge on any atom is 0.338 e. The summed E-state index contributed by atoms with van der Waals surface area (Å²) < 4.78 is 4.97. The minimum atomic E-state index is -0.282. The number of H-pyrrole nitrogens is 1. The molecule has 0 saturated heterocycles. The molecular weight excluding hydrogens is 314 g/mol. The molecule has 1 saturated carbocycles. The van der Waals surface area contributed by atoms with E-state index < -0.39 is 0 Å². The summed E-state index contributed by atoms with van der Waals surface area (Å²) in [5.41, 5.74) is 6.35. The molecule has 0 atom stereocenters. The van der Waals surface area contributed by atoms with Gasteiger partial charge in [-0.3, -0.25) is 0 Å². The van der Waals surface area contributed by atoms with E-state index in [1.54, 1.807) is 0 Å². The second kappa shape index (κ2) is 6.30. The zero-order chi connectivity index (χ0) is 17.6. The van der Waals surface area contributed by atoms with E-state index in [1.165, 1.54) is 37.6 Å². The highest BCUT2D eigenvalue weighted by molar-refractivity contribution is 5.93. The summed E-state index contributed by atoms with van der Waals surface area (Å²) in [6.45, 7) is 3.92. The van der Waals surface area contributed by atoms with Crippen LogP contribution in [0.3, 0.4) is 0 Å². The van der Waals surface area contributed by atoms with Crippen molar-refractivity contribution in [2.75, 3.05) is 20.7 Å². The molecular formula is C20H25N3O2. The summed E-state index contributed by atoms with van der Waals surface area (Å²) in [4.78, 5) is 22.9. The van der Waals surface area contributed by atoms with Gasteiger partial charge in [-0.25, -0.2) is 9.78 Å². The predicted molar refractivity (Wildman–Crippen MR) is 96.7 cm³/mol. The molecule has 5 nitrogen and oxygen atoms in total. The van der Waals surface area contributed by atoms with Crippen molar-refractivity contribution in [3.05, 3.63) is 40.2 Å². The van der Waals surface area contributed by atoms with Gasteiger partial charge < -0.3 is 14.6 Å².